The highest BCUT2D eigenvalue weighted by molar-refractivity contribution is 5.98. The van der Waals surface area contributed by atoms with Crippen molar-refractivity contribution < 1.29 is 14.7 Å². The maximum atomic E-state index is 12.5. The highest BCUT2D eigenvalue weighted by atomic mass is 16.4. The highest BCUT2D eigenvalue weighted by Crippen LogP contribution is 2.19. The number of carbonyl (C=O) groups is 2. The van der Waals surface area contributed by atoms with E-state index in [1.54, 1.807) is 12.1 Å². The molecule has 0 aliphatic heterocycles. The van der Waals surface area contributed by atoms with Crippen LogP contribution in [0.1, 0.15) is 41.3 Å². The number of aliphatic carboxylic acids is 1. The summed E-state index contributed by atoms with van der Waals surface area (Å²) in [5.74, 6) is -1.20. The van der Waals surface area contributed by atoms with Crippen molar-refractivity contribution in [2.75, 3.05) is 0 Å². The number of carboxylic acid groups (broad SMARTS) is 1. The molecule has 0 saturated carbocycles. The van der Waals surface area contributed by atoms with Gasteiger partial charge in [0.1, 0.15) is 6.04 Å². The summed E-state index contributed by atoms with van der Waals surface area (Å²) >= 11 is 0. The molecule has 2 N–H and O–H groups in total. The fraction of sp³-hybridized carbons (Fsp3) is 0.263. The normalized spacial score (nSPS) is 12.0. The van der Waals surface area contributed by atoms with Gasteiger partial charge in [0.15, 0.2) is 0 Å². The topological polar surface area (TPSA) is 66.4 Å². The molecule has 0 unspecified atom stereocenters. The van der Waals surface area contributed by atoms with Gasteiger partial charge in [0.2, 0.25) is 0 Å². The lowest BCUT2D eigenvalue weighted by molar-refractivity contribution is -0.139. The molecule has 0 heterocycles. The Labute approximate surface area is 136 Å². The van der Waals surface area contributed by atoms with Crippen LogP contribution in [0.4, 0.5) is 0 Å². The Balaban J connectivity index is 2.17. The summed E-state index contributed by atoms with van der Waals surface area (Å²) in [6.45, 7) is 4.01. The van der Waals surface area contributed by atoms with Gasteiger partial charge in [-0.1, -0.05) is 62.4 Å². The molecule has 1 amide bonds. The Morgan fingerprint density at radius 2 is 1.61 bits per heavy atom. The Bertz CT molecular complexity index is 680. The van der Waals surface area contributed by atoms with Gasteiger partial charge in [-0.3, -0.25) is 4.79 Å². The molecule has 0 radical (unpaired) electrons. The fourth-order valence-corrected chi connectivity index (χ4v) is 2.49. The Kier molecular flexibility index (Phi) is 5.52. The molecule has 2 aromatic carbocycles. The van der Waals surface area contributed by atoms with E-state index in [4.69, 9.17) is 0 Å². The zero-order chi connectivity index (χ0) is 16.8. The molecule has 0 bridgehead atoms. The summed E-state index contributed by atoms with van der Waals surface area (Å²) in [6.07, 6.45) is 0.256. The number of amides is 1. The van der Waals surface area contributed by atoms with Crippen molar-refractivity contribution in [2.24, 2.45) is 0 Å². The average Bonchev–Trinajstić information content (AvgIpc) is 2.55. The molecule has 4 heteroatoms. The molecule has 4 nitrogen and oxygen atoms in total. The van der Waals surface area contributed by atoms with E-state index >= 15 is 0 Å². The number of carboxylic acids is 1. The number of hydrogen-bond acceptors (Lipinski definition) is 2. The van der Waals surface area contributed by atoms with Gasteiger partial charge in [-0.2, -0.15) is 0 Å². The minimum absolute atomic E-state index is 0.189. The minimum atomic E-state index is -1.04. The van der Waals surface area contributed by atoms with Crippen molar-refractivity contribution in [1.29, 1.82) is 0 Å². The van der Waals surface area contributed by atoms with Gasteiger partial charge in [0.05, 0.1) is 0 Å². The largest absolute Gasteiger partial charge is 0.480 e. The molecular weight excluding hydrogens is 290 g/mol. The molecule has 23 heavy (non-hydrogen) atoms. The van der Waals surface area contributed by atoms with E-state index in [0.717, 1.165) is 11.1 Å². The van der Waals surface area contributed by atoms with Crippen LogP contribution < -0.4 is 5.32 Å². The molecule has 0 aliphatic rings. The van der Waals surface area contributed by atoms with Crippen molar-refractivity contribution in [3.8, 4) is 0 Å². The lowest BCUT2D eigenvalue weighted by atomic mass is 9.96. The van der Waals surface area contributed by atoms with Crippen LogP contribution >= 0.6 is 0 Å². The van der Waals surface area contributed by atoms with Gasteiger partial charge < -0.3 is 10.4 Å². The molecule has 0 aromatic heterocycles. The Morgan fingerprint density at radius 3 is 2.22 bits per heavy atom. The second-order valence-corrected chi connectivity index (χ2v) is 5.80. The van der Waals surface area contributed by atoms with Crippen LogP contribution in [-0.4, -0.2) is 23.0 Å². The first-order valence-corrected chi connectivity index (χ1v) is 7.65. The average molecular weight is 311 g/mol. The standard InChI is InChI=1S/C19H21NO3/c1-13(2)15-10-6-7-11-16(15)18(21)20-17(19(22)23)12-14-8-4-3-5-9-14/h3-11,13,17H,12H2,1-2H3,(H,20,21)(H,22,23)/t17-/m0/s1. The number of hydrogen-bond donors (Lipinski definition) is 2. The summed E-state index contributed by atoms with van der Waals surface area (Å²) in [5, 5.41) is 12.0. The molecule has 0 aliphatic carbocycles. The first-order valence-electron chi connectivity index (χ1n) is 7.65. The van der Waals surface area contributed by atoms with Crippen LogP contribution in [0.2, 0.25) is 0 Å². The molecule has 2 aromatic rings. The predicted octanol–water partition coefficient (Wildman–Crippen LogP) is 3.24. The first-order chi connectivity index (χ1) is 11.0. The summed E-state index contributed by atoms with van der Waals surface area (Å²) in [6, 6.07) is 15.6. The molecule has 0 spiro atoms. The van der Waals surface area contributed by atoms with Gasteiger partial charge in [0, 0.05) is 12.0 Å². The SMILES string of the molecule is CC(C)c1ccccc1C(=O)N[C@@H](Cc1ccccc1)C(=O)O. The van der Waals surface area contributed by atoms with Gasteiger partial charge >= 0.3 is 5.97 Å². The summed E-state index contributed by atoms with van der Waals surface area (Å²) in [7, 11) is 0. The van der Waals surface area contributed by atoms with Crippen molar-refractivity contribution in [3.63, 3.8) is 0 Å². The zero-order valence-corrected chi connectivity index (χ0v) is 13.3. The van der Waals surface area contributed by atoms with Crippen LogP contribution in [0.25, 0.3) is 0 Å². The monoisotopic (exact) mass is 311 g/mol. The second-order valence-electron chi connectivity index (χ2n) is 5.80. The zero-order valence-electron chi connectivity index (χ0n) is 13.3. The van der Waals surface area contributed by atoms with E-state index in [9.17, 15) is 14.7 Å². The lowest BCUT2D eigenvalue weighted by Crippen LogP contribution is -2.42. The van der Waals surface area contributed by atoms with Crippen LogP contribution in [0.5, 0.6) is 0 Å². The third kappa shape index (κ3) is 4.42. The van der Waals surface area contributed by atoms with E-state index in [1.165, 1.54) is 0 Å². The van der Waals surface area contributed by atoms with Gasteiger partial charge in [-0.15, -0.1) is 0 Å². The maximum Gasteiger partial charge on any atom is 0.326 e. The molecular formula is C19H21NO3. The van der Waals surface area contributed by atoms with E-state index in [0.29, 0.717) is 5.56 Å². The number of rotatable bonds is 6. The molecule has 0 saturated heterocycles. The van der Waals surface area contributed by atoms with E-state index in [2.05, 4.69) is 5.32 Å². The minimum Gasteiger partial charge on any atom is -0.480 e. The van der Waals surface area contributed by atoms with Crippen molar-refractivity contribution in [1.82, 2.24) is 5.32 Å². The first kappa shape index (κ1) is 16.7. The highest BCUT2D eigenvalue weighted by Gasteiger charge is 2.22. The van der Waals surface area contributed by atoms with Crippen molar-refractivity contribution in [3.05, 3.63) is 71.3 Å². The third-order valence-corrected chi connectivity index (χ3v) is 3.71. The predicted molar refractivity (Wildman–Crippen MR) is 89.6 cm³/mol. The van der Waals surface area contributed by atoms with Crippen molar-refractivity contribution >= 4 is 11.9 Å². The molecule has 120 valence electrons. The molecule has 2 rings (SSSR count). The maximum absolute atomic E-state index is 12.5. The second kappa shape index (κ2) is 7.58. The number of benzene rings is 2. The number of nitrogens with one attached hydrogen (secondary N) is 1. The summed E-state index contributed by atoms with van der Waals surface area (Å²) < 4.78 is 0. The smallest absolute Gasteiger partial charge is 0.326 e. The lowest BCUT2D eigenvalue weighted by Gasteiger charge is -2.17. The van der Waals surface area contributed by atoms with E-state index in [-0.39, 0.29) is 18.2 Å². The summed E-state index contributed by atoms with van der Waals surface area (Å²) in [5.41, 5.74) is 2.31. The quantitative estimate of drug-likeness (QED) is 0.860. The molecule has 1 atom stereocenters. The fourth-order valence-electron chi connectivity index (χ4n) is 2.49. The van der Waals surface area contributed by atoms with E-state index < -0.39 is 12.0 Å². The van der Waals surface area contributed by atoms with Crippen LogP contribution in [0.15, 0.2) is 54.6 Å². The number of carbonyl (C=O) groups excluding carboxylic acids is 1. The van der Waals surface area contributed by atoms with E-state index in [1.807, 2.05) is 56.3 Å². The van der Waals surface area contributed by atoms with Crippen LogP contribution in [-0.2, 0) is 11.2 Å². The third-order valence-electron chi connectivity index (χ3n) is 3.71. The van der Waals surface area contributed by atoms with Gasteiger partial charge in [-0.05, 0) is 23.1 Å². The Hall–Kier alpha value is -2.62. The summed E-state index contributed by atoms with van der Waals surface area (Å²) in [4.78, 5) is 24.0. The van der Waals surface area contributed by atoms with Gasteiger partial charge in [0.25, 0.3) is 5.91 Å². The molecule has 0 fully saturated rings. The van der Waals surface area contributed by atoms with Crippen molar-refractivity contribution in [2.45, 2.75) is 32.2 Å². The van der Waals surface area contributed by atoms with Crippen LogP contribution in [0, 0.1) is 0 Å². The van der Waals surface area contributed by atoms with Gasteiger partial charge in [-0.25, -0.2) is 4.79 Å². The Morgan fingerprint density at radius 1 is 1.00 bits per heavy atom. The van der Waals surface area contributed by atoms with Crippen LogP contribution in [0.3, 0.4) is 0 Å².